The third-order valence-corrected chi connectivity index (χ3v) is 4.17. The number of non-ortho nitro benzene ring substituents is 1. The van der Waals surface area contributed by atoms with Crippen molar-refractivity contribution >= 4 is 11.7 Å². The number of nitro benzene ring substituents is 1. The zero-order valence-electron chi connectivity index (χ0n) is 13.6. The Morgan fingerprint density at radius 3 is 2.88 bits per heavy atom. The van der Waals surface area contributed by atoms with Crippen molar-refractivity contribution in [3.63, 3.8) is 0 Å². The Morgan fingerprint density at radius 2 is 2.28 bits per heavy atom. The molecule has 1 fully saturated rings. The van der Waals surface area contributed by atoms with Crippen LogP contribution in [-0.4, -0.2) is 53.7 Å². The topological polar surface area (TPSA) is 105 Å². The van der Waals surface area contributed by atoms with Gasteiger partial charge in [-0.1, -0.05) is 0 Å². The van der Waals surface area contributed by atoms with E-state index in [2.05, 4.69) is 5.32 Å². The van der Waals surface area contributed by atoms with Gasteiger partial charge < -0.3 is 20.1 Å². The molecule has 1 saturated heterocycles. The summed E-state index contributed by atoms with van der Waals surface area (Å²) in [5.74, 6) is -3.95. The maximum atomic E-state index is 13.6. The van der Waals surface area contributed by atoms with Gasteiger partial charge in [-0.05, 0) is 6.07 Å². The van der Waals surface area contributed by atoms with Crippen LogP contribution in [0.5, 0.6) is 5.75 Å². The highest BCUT2D eigenvalue weighted by atomic mass is 19.3. The number of urea groups is 1. The summed E-state index contributed by atoms with van der Waals surface area (Å²) in [6.45, 7) is -1.17. The SMILES string of the molecule is COc1ccc([N+](=O)[O-])cc1CNC(=O)N1CCC(F)(F)C(CO)C1. The predicted octanol–water partition coefficient (Wildman–Crippen LogP) is 1.76. The first-order valence-corrected chi connectivity index (χ1v) is 7.61. The molecule has 0 spiro atoms. The molecule has 0 aromatic heterocycles. The van der Waals surface area contributed by atoms with Gasteiger partial charge in [0.05, 0.1) is 24.6 Å². The number of nitrogens with one attached hydrogen (secondary N) is 1. The zero-order chi connectivity index (χ0) is 18.6. The number of likely N-dealkylation sites (tertiary alicyclic amines) is 1. The molecule has 25 heavy (non-hydrogen) atoms. The van der Waals surface area contributed by atoms with Crippen molar-refractivity contribution in [3.8, 4) is 5.75 Å². The Morgan fingerprint density at radius 1 is 1.56 bits per heavy atom. The fourth-order valence-electron chi connectivity index (χ4n) is 2.65. The first kappa shape index (κ1) is 18.8. The van der Waals surface area contributed by atoms with Gasteiger partial charge in [-0.2, -0.15) is 0 Å². The smallest absolute Gasteiger partial charge is 0.317 e. The summed E-state index contributed by atoms with van der Waals surface area (Å²) in [5.41, 5.74) is 0.245. The quantitative estimate of drug-likeness (QED) is 0.616. The lowest BCUT2D eigenvalue weighted by Crippen LogP contribution is -2.53. The van der Waals surface area contributed by atoms with Gasteiger partial charge in [-0.15, -0.1) is 0 Å². The molecule has 0 aliphatic carbocycles. The Labute approximate surface area is 142 Å². The largest absolute Gasteiger partial charge is 0.496 e. The number of rotatable bonds is 5. The molecular weight excluding hydrogens is 340 g/mol. The van der Waals surface area contributed by atoms with Crippen molar-refractivity contribution in [1.82, 2.24) is 10.2 Å². The molecule has 0 saturated carbocycles. The van der Waals surface area contributed by atoms with E-state index in [-0.39, 0.29) is 25.3 Å². The van der Waals surface area contributed by atoms with E-state index in [4.69, 9.17) is 9.84 Å². The fourth-order valence-corrected chi connectivity index (χ4v) is 2.65. The van der Waals surface area contributed by atoms with Gasteiger partial charge >= 0.3 is 6.03 Å². The van der Waals surface area contributed by atoms with Crippen LogP contribution in [0.2, 0.25) is 0 Å². The highest BCUT2D eigenvalue weighted by Crippen LogP contribution is 2.33. The van der Waals surface area contributed by atoms with Crippen molar-refractivity contribution in [2.24, 2.45) is 5.92 Å². The van der Waals surface area contributed by atoms with Gasteiger partial charge in [-0.3, -0.25) is 10.1 Å². The average molecular weight is 359 g/mol. The molecular formula is C15H19F2N3O5. The standard InChI is InChI=1S/C15H19F2N3O5/c1-25-13-3-2-12(20(23)24)6-10(13)7-18-14(22)19-5-4-15(16,17)11(8-19)9-21/h2-3,6,11,21H,4-5,7-9H2,1H3,(H,18,22). The van der Waals surface area contributed by atoms with Crippen LogP contribution in [0.25, 0.3) is 0 Å². The van der Waals surface area contributed by atoms with Crippen molar-refractivity contribution in [3.05, 3.63) is 33.9 Å². The lowest BCUT2D eigenvalue weighted by Gasteiger charge is -2.37. The maximum absolute atomic E-state index is 13.6. The third kappa shape index (κ3) is 4.32. The molecule has 10 heteroatoms. The number of aliphatic hydroxyl groups excluding tert-OH is 1. The van der Waals surface area contributed by atoms with E-state index >= 15 is 0 Å². The summed E-state index contributed by atoms with van der Waals surface area (Å²) in [6.07, 6.45) is -0.522. The molecule has 1 atom stereocenters. The van der Waals surface area contributed by atoms with Crippen molar-refractivity contribution in [2.45, 2.75) is 18.9 Å². The van der Waals surface area contributed by atoms with E-state index in [1.165, 1.54) is 30.2 Å². The molecule has 2 N–H and O–H groups in total. The number of alkyl halides is 2. The lowest BCUT2D eigenvalue weighted by molar-refractivity contribution is -0.384. The summed E-state index contributed by atoms with van der Waals surface area (Å²) < 4.78 is 32.3. The summed E-state index contributed by atoms with van der Waals surface area (Å²) in [4.78, 5) is 23.6. The summed E-state index contributed by atoms with van der Waals surface area (Å²) in [5, 5.41) is 22.4. The molecule has 1 aromatic rings. The molecule has 1 aliphatic rings. The number of amides is 2. The number of hydrogen-bond acceptors (Lipinski definition) is 5. The van der Waals surface area contributed by atoms with Crippen LogP contribution in [-0.2, 0) is 6.54 Å². The van der Waals surface area contributed by atoms with Gasteiger partial charge in [0.25, 0.3) is 11.6 Å². The van der Waals surface area contributed by atoms with Crippen LogP contribution in [0.15, 0.2) is 18.2 Å². The van der Waals surface area contributed by atoms with Crippen LogP contribution in [0.1, 0.15) is 12.0 Å². The number of ether oxygens (including phenoxy) is 1. The number of nitro groups is 1. The van der Waals surface area contributed by atoms with E-state index in [0.717, 1.165) is 0 Å². The maximum Gasteiger partial charge on any atom is 0.317 e. The molecule has 8 nitrogen and oxygen atoms in total. The number of benzene rings is 1. The first-order valence-electron chi connectivity index (χ1n) is 7.61. The number of piperidine rings is 1. The fraction of sp³-hybridized carbons (Fsp3) is 0.533. The summed E-state index contributed by atoms with van der Waals surface area (Å²) in [7, 11) is 1.39. The van der Waals surface area contributed by atoms with E-state index < -0.39 is 35.8 Å². The van der Waals surface area contributed by atoms with Gasteiger partial charge in [0.2, 0.25) is 0 Å². The van der Waals surface area contributed by atoms with Crippen LogP contribution < -0.4 is 10.1 Å². The highest BCUT2D eigenvalue weighted by Gasteiger charge is 2.44. The minimum atomic E-state index is -3.01. The number of nitrogens with zero attached hydrogens (tertiary/aromatic N) is 2. The van der Waals surface area contributed by atoms with Crippen molar-refractivity contribution in [1.29, 1.82) is 0 Å². The average Bonchev–Trinajstić information content (AvgIpc) is 2.59. The Bertz CT molecular complexity index is 656. The molecule has 1 aromatic carbocycles. The van der Waals surface area contributed by atoms with Gasteiger partial charge in [-0.25, -0.2) is 13.6 Å². The number of aliphatic hydroxyl groups is 1. The van der Waals surface area contributed by atoms with Crippen LogP contribution in [0, 0.1) is 16.0 Å². The zero-order valence-corrected chi connectivity index (χ0v) is 13.6. The van der Waals surface area contributed by atoms with Gasteiger partial charge in [0.15, 0.2) is 0 Å². The molecule has 2 amide bonds. The molecule has 0 radical (unpaired) electrons. The van der Waals surface area contributed by atoms with Crippen LogP contribution >= 0.6 is 0 Å². The van der Waals surface area contributed by atoms with Crippen molar-refractivity contribution < 1.29 is 28.3 Å². The Kier molecular flexibility index (Phi) is 5.73. The molecule has 1 heterocycles. The molecule has 1 unspecified atom stereocenters. The van der Waals surface area contributed by atoms with E-state index in [1.807, 2.05) is 0 Å². The third-order valence-electron chi connectivity index (χ3n) is 4.17. The minimum absolute atomic E-state index is 0.0552. The van der Waals surface area contributed by atoms with Gasteiger partial charge in [0, 0.05) is 43.8 Å². The predicted molar refractivity (Wildman–Crippen MR) is 83.6 cm³/mol. The van der Waals surface area contributed by atoms with E-state index in [0.29, 0.717) is 11.3 Å². The molecule has 0 bridgehead atoms. The van der Waals surface area contributed by atoms with Gasteiger partial charge in [0.1, 0.15) is 5.75 Å². The number of hydrogen-bond donors (Lipinski definition) is 2. The van der Waals surface area contributed by atoms with E-state index in [1.54, 1.807) is 0 Å². The minimum Gasteiger partial charge on any atom is -0.496 e. The number of carbonyl (C=O) groups excluding carboxylic acids is 1. The molecule has 138 valence electrons. The molecule has 2 rings (SSSR count). The normalized spacial score (nSPS) is 19.4. The van der Waals surface area contributed by atoms with Crippen LogP contribution in [0.3, 0.4) is 0 Å². The second-order valence-corrected chi connectivity index (χ2v) is 5.75. The monoisotopic (exact) mass is 359 g/mol. The summed E-state index contributed by atoms with van der Waals surface area (Å²) >= 11 is 0. The van der Waals surface area contributed by atoms with Crippen LogP contribution in [0.4, 0.5) is 19.3 Å². The Balaban J connectivity index is 2.02. The number of methoxy groups -OCH3 is 1. The number of halogens is 2. The summed E-state index contributed by atoms with van der Waals surface area (Å²) in [6, 6.07) is 3.40. The Hall–Kier alpha value is -2.49. The van der Waals surface area contributed by atoms with Crippen molar-refractivity contribution in [2.75, 3.05) is 26.8 Å². The van der Waals surface area contributed by atoms with E-state index in [9.17, 15) is 23.7 Å². The lowest BCUT2D eigenvalue weighted by atomic mass is 9.94. The first-order chi connectivity index (χ1) is 11.8. The second kappa shape index (κ2) is 7.60. The highest BCUT2D eigenvalue weighted by molar-refractivity contribution is 5.74. The molecule has 1 aliphatic heterocycles. The number of carbonyl (C=O) groups is 1. The second-order valence-electron chi connectivity index (χ2n) is 5.75.